The van der Waals surface area contributed by atoms with Gasteiger partial charge in [0.15, 0.2) is 0 Å². The Balaban J connectivity index is 2.02. The van der Waals surface area contributed by atoms with E-state index < -0.39 is 0 Å². The number of thiazole rings is 1. The Morgan fingerprint density at radius 2 is 2.10 bits per heavy atom. The molecular weight excluding hydrogens is 280 g/mol. The van der Waals surface area contributed by atoms with Crippen molar-refractivity contribution in [3.8, 4) is 16.4 Å². The fourth-order valence-electron chi connectivity index (χ4n) is 2.28. The lowest BCUT2D eigenvalue weighted by Crippen LogP contribution is -2.14. The van der Waals surface area contributed by atoms with Gasteiger partial charge in [-0.05, 0) is 13.0 Å². The molecule has 0 radical (unpaired) electrons. The first kappa shape index (κ1) is 14.0. The van der Waals surface area contributed by atoms with Crippen LogP contribution in [0.3, 0.4) is 0 Å². The van der Waals surface area contributed by atoms with Crippen molar-refractivity contribution in [3.05, 3.63) is 53.7 Å². The van der Waals surface area contributed by atoms with Crippen LogP contribution in [0.1, 0.15) is 18.9 Å². The SMILES string of the molecule is CCCNCc1cnn(-c2nccs2)c1-c1ccccc1. The maximum Gasteiger partial charge on any atom is 0.210 e. The van der Waals surface area contributed by atoms with E-state index in [-0.39, 0.29) is 0 Å². The van der Waals surface area contributed by atoms with E-state index in [0.29, 0.717) is 0 Å². The van der Waals surface area contributed by atoms with Gasteiger partial charge < -0.3 is 5.32 Å². The topological polar surface area (TPSA) is 42.7 Å². The lowest BCUT2D eigenvalue weighted by atomic mass is 10.1. The summed E-state index contributed by atoms with van der Waals surface area (Å²) in [6, 6.07) is 10.4. The van der Waals surface area contributed by atoms with E-state index in [2.05, 4.69) is 46.6 Å². The average molecular weight is 298 g/mol. The van der Waals surface area contributed by atoms with E-state index in [4.69, 9.17) is 0 Å². The van der Waals surface area contributed by atoms with E-state index in [1.165, 1.54) is 11.1 Å². The van der Waals surface area contributed by atoms with Gasteiger partial charge in [-0.3, -0.25) is 0 Å². The maximum absolute atomic E-state index is 4.54. The molecule has 1 N–H and O–H groups in total. The molecule has 0 spiro atoms. The number of nitrogens with zero attached hydrogens (tertiary/aromatic N) is 3. The third kappa shape index (κ3) is 3.04. The summed E-state index contributed by atoms with van der Waals surface area (Å²) in [5.74, 6) is 0. The predicted molar refractivity (Wildman–Crippen MR) is 86.7 cm³/mol. The van der Waals surface area contributed by atoms with Crippen molar-refractivity contribution in [2.24, 2.45) is 0 Å². The Morgan fingerprint density at radius 3 is 2.81 bits per heavy atom. The summed E-state index contributed by atoms with van der Waals surface area (Å²) in [6.07, 6.45) is 4.87. The highest BCUT2D eigenvalue weighted by Crippen LogP contribution is 2.27. The molecule has 0 aliphatic rings. The largest absolute Gasteiger partial charge is 0.313 e. The third-order valence-corrected chi connectivity index (χ3v) is 3.98. The molecular formula is C16H18N4S. The molecule has 108 valence electrons. The highest BCUT2D eigenvalue weighted by molar-refractivity contribution is 7.12. The van der Waals surface area contributed by atoms with E-state index in [0.717, 1.165) is 30.3 Å². The Bertz CT molecular complexity index is 674. The van der Waals surface area contributed by atoms with Crippen LogP contribution in [-0.2, 0) is 6.54 Å². The van der Waals surface area contributed by atoms with Gasteiger partial charge in [0.05, 0.1) is 11.9 Å². The first-order valence-corrected chi connectivity index (χ1v) is 8.01. The van der Waals surface area contributed by atoms with Gasteiger partial charge in [0, 0.05) is 29.2 Å². The minimum absolute atomic E-state index is 0.823. The summed E-state index contributed by atoms with van der Waals surface area (Å²) < 4.78 is 1.93. The van der Waals surface area contributed by atoms with Crippen molar-refractivity contribution in [1.29, 1.82) is 0 Å². The lowest BCUT2D eigenvalue weighted by molar-refractivity contribution is 0.676. The lowest BCUT2D eigenvalue weighted by Gasteiger charge is -2.08. The van der Waals surface area contributed by atoms with E-state index in [1.807, 2.05) is 28.5 Å². The number of hydrogen-bond acceptors (Lipinski definition) is 4. The summed E-state index contributed by atoms with van der Waals surface area (Å²) >= 11 is 1.60. The molecule has 3 rings (SSSR count). The monoisotopic (exact) mass is 298 g/mol. The molecule has 3 aromatic rings. The van der Waals surface area contributed by atoms with Crippen LogP contribution < -0.4 is 5.32 Å². The summed E-state index contributed by atoms with van der Waals surface area (Å²) in [5.41, 5.74) is 3.48. The number of aromatic nitrogens is 3. The molecule has 0 fully saturated rings. The highest BCUT2D eigenvalue weighted by Gasteiger charge is 2.15. The number of nitrogens with one attached hydrogen (secondary N) is 1. The molecule has 0 saturated heterocycles. The van der Waals surface area contributed by atoms with Gasteiger partial charge in [-0.2, -0.15) is 5.10 Å². The number of hydrogen-bond donors (Lipinski definition) is 1. The minimum Gasteiger partial charge on any atom is -0.313 e. The second-order valence-electron chi connectivity index (χ2n) is 4.79. The number of benzene rings is 1. The molecule has 4 nitrogen and oxygen atoms in total. The van der Waals surface area contributed by atoms with Gasteiger partial charge in [0.2, 0.25) is 5.13 Å². The van der Waals surface area contributed by atoms with Crippen molar-refractivity contribution in [1.82, 2.24) is 20.1 Å². The van der Waals surface area contributed by atoms with E-state index in [9.17, 15) is 0 Å². The standard InChI is InChI=1S/C16H18N4S/c1-2-8-17-11-14-12-19-20(16-18-9-10-21-16)15(14)13-6-4-3-5-7-13/h3-7,9-10,12,17H,2,8,11H2,1H3. The predicted octanol–water partition coefficient (Wildman–Crippen LogP) is 3.50. The van der Waals surface area contributed by atoms with Crippen molar-refractivity contribution in [2.75, 3.05) is 6.54 Å². The molecule has 0 atom stereocenters. The second-order valence-corrected chi connectivity index (χ2v) is 5.66. The van der Waals surface area contributed by atoms with Gasteiger partial charge in [-0.25, -0.2) is 9.67 Å². The van der Waals surface area contributed by atoms with Gasteiger partial charge in [-0.1, -0.05) is 37.3 Å². The zero-order valence-electron chi connectivity index (χ0n) is 12.0. The van der Waals surface area contributed by atoms with Crippen LogP contribution in [0.15, 0.2) is 48.1 Å². The van der Waals surface area contributed by atoms with Crippen LogP contribution in [0.25, 0.3) is 16.4 Å². The summed E-state index contributed by atoms with van der Waals surface area (Å²) in [5, 5.41) is 10.9. The van der Waals surface area contributed by atoms with Gasteiger partial charge in [0.1, 0.15) is 0 Å². The van der Waals surface area contributed by atoms with Crippen LogP contribution in [0, 0.1) is 0 Å². The molecule has 0 saturated carbocycles. The Labute approximate surface area is 128 Å². The summed E-state index contributed by atoms with van der Waals surface area (Å²) in [6.45, 7) is 4.00. The van der Waals surface area contributed by atoms with Crippen molar-refractivity contribution >= 4 is 11.3 Å². The Hall–Kier alpha value is -1.98. The van der Waals surface area contributed by atoms with E-state index >= 15 is 0 Å². The molecule has 0 amide bonds. The molecule has 5 heteroatoms. The fraction of sp³-hybridized carbons (Fsp3) is 0.250. The highest BCUT2D eigenvalue weighted by atomic mass is 32.1. The normalized spacial score (nSPS) is 10.9. The van der Waals surface area contributed by atoms with Crippen molar-refractivity contribution in [3.63, 3.8) is 0 Å². The van der Waals surface area contributed by atoms with Crippen LogP contribution in [0.4, 0.5) is 0 Å². The summed E-state index contributed by atoms with van der Waals surface area (Å²) in [4.78, 5) is 4.38. The van der Waals surface area contributed by atoms with Gasteiger partial charge in [-0.15, -0.1) is 11.3 Å². The third-order valence-electron chi connectivity index (χ3n) is 3.23. The first-order chi connectivity index (χ1) is 10.4. The first-order valence-electron chi connectivity index (χ1n) is 7.13. The zero-order chi connectivity index (χ0) is 14.5. The van der Waals surface area contributed by atoms with Crippen LogP contribution in [-0.4, -0.2) is 21.3 Å². The van der Waals surface area contributed by atoms with Crippen LogP contribution in [0.2, 0.25) is 0 Å². The molecule has 0 unspecified atom stereocenters. The second kappa shape index (κ2) is 6.65. The van der Waals surface area contributed by atoms with Gasteiger partial charge >= 0.3 is 0 Å². The fourth-order valence-corrected chi connectivity index (χ4v) is 2.88. The van der Waals surface area contributed by atoms with Crippen LogP contribution in [0.5, 0.6) is 0 Å². The quantitative estimate of drug-likeness (QED) is 0.708. The zero-order valence-corrected chi connectivity index (χ0v) is 12.8. The molecule has 0 aliphatic carbocycles. The molecule has 0 bridgehead atoms. The van der Waals surface area contributed by atoms with Crippen LogP contribution >= 0.6 is 11.3 Å². The molecule has 0 aliphatic heterocycles. The number of rotatable bonds is 6. The van der Waals surface area contributed by atoms with E-state index in [1.54, 1.807) is 11.3 Å². The smallest absolute Gasteiger partial charge is 0.210 e. The van der Waals surface area contributed by atoms with Crippen molar-refractivity contribution < 1.29 is 0 Å². The Kier molecular flexibility index (Phi) is 4.43. The van der Waals surface area contributed by atoms with Gasteiger partial charge in [0.25, 0.3) is 0 Å². The van der Waals surface area contributed by atoms with Crippen molar-refractivity contribution in [2.45, 2.75) is 19.9 Å². The molecule has 21 heavy (non-hydrogen) atoms. The minimum atomic E-state index is 0.823. The molecule has 1 aromatic carbocycles. The Morgan fingerprint density at radius 1 is 1.24 bits per heavy atom. The average Bonchev–Trinajstić information content (AvgIpc) is 3.17. The maximum atomic E-state index is 4.54. The molecule has 2 aromatic heterocycles. The molecule has 2 heterocycles. The summed E-state index contributed by atoms with van der Waals surface area (Å²) in [7, 11) is 0.